The number of phenolic OH excluding ortho intramolecular Hbond substituents is 1. The van der Waals surface area contributed by atoms with Gasteiger partial charge in [0.15, 0.2) is 11.5 Å². The lowest BCUT2D eigenvalue weighted by atomic mass is 10.2. The average molecular weight is 244 g/mol. The number of aromatic hydroxyl groups is 1. The van der Waals surface area contributed by atoms with Gasteiger partial charge in [-0.3, -0.25) is 0 Å². The highest BCUT2D eigenvalue weighted by Crippen LogP contribution is 2.34. The van der Waals surface area contributed by atoms with E-state index in [0.29, 0.717) is 12.4 Å². The van der Waals surface area contributed by atoms with Crippen molar-refractivity contribution in [2.24, 2.45) is 0 Å². The lowest BCUT2D eigenvalue weighted by Gasteiger charge is -2.08. The van der Waals surface area contributed by atoms with Crippen molar-refractivity contribution < 1.29 is 9.84 Å². The summed E-state index contributed by atoms with van der Waals surface area (Å²) < 4.78 is 6.27. The van der Waals surface area contributed by atoms with Gasteiger partial charge in [-0.15, -0.1) is 0 Å². The monoisotopic (exact) mass is 243 g/mol. The topological polar surface area (TPSA) is 41.5 Å². The molecule has 0 unspecified atom stereocenters. The third kappa shape index (κ3) is 1.78. The molecule has 3 nitrogen and oxygen atoms in total. The minimum Gasteiger partial charge on any atom is -0.504 e. The first-order valence-electron chi connectivity index (χ1n) is 4.12. The van der Waals surface area contributed by atoms with Gasteiger partial charge in [0, 0.05) is 23.1 Å². The van der Waals surface area contributed by atoms with Crippen molar-refractivity contribution in [1.29, 1.82) is 0 Å². The zero-order valence-electron chi connectivity index (χ0n) is 7.01. The summed E-state index contributed by atoms with van der Waals surface area (Å²) in [5, 5.41) is 12.8. The molecule has 0 saturated carbocycles. The van der Waals surface area contributed by atoms with E-state index >= 15 is 0 Å². The van der Waals surface area contributed by atoms with E-state index in [9.17, 15) is 5.11 Å². The SMILES string of the molecule is Oc1cc(Br)cc2c1OCCNC2. The Bertz CT molecular complexity index is 328. The predicted octanol–water partition coefficient (Wildman–Crippen LogP) is 1.64. The highest BCUT2D eigenvalue weighted by atomic mass is 79.9. The van der Waals surface area contributed by atoms with E-state index in [0.717, 1.165) is 23.1 Å². The maximum Gasteiger partial charge on any atom is 0.165 e. The van der Waals surface area contributed by atoms with Crippen molar-refractivity contribution in [2.75, 3.05) is 13.2 Å². The molecule has 1 aliphatic heterocycles. The number of rotatable bonds is 0. The standard InChI is InChI=1S/C9H10BrNO2/c10-7-3-6-5-11-1-2-13-9(6)8(12)4-7/h3-4,11-12H,1-2,5H2. The average Bonchev–Trinajstić information content (AvgIpc) is 2.28. The van der Waals surface area contributed by atoms with Gasteiger partial charge in [0.25, 0.3) is 0 Å². The van der Waals surface area contributed by atoms with Gasteiger partial charge < -0.3 is 15.2 Å². The van der Waals surface area contributed by atoms with E-state index in [1.165, 1.54) is 0 Å². The van der Waals surface area contributed by atoms with Crippen LogP contribution in [-0.2, 0) is 6.54 Å². The van der Waals surface area contributed by atoms with E-state index in [1.54, 1.807) is 6.07 Å². The third-order valence-electron chi connectivity index (χ3n) is 1.95. The largest absolute Gasteiger partial charge is 0.504 e. The van der Waals surface area contributed by atoms with Crippen LogP contribution in [0.3, 0.4) is 0 Å². The Labute approximate surface area is 84.8 Å². The summed E-state index contributed by atoms with van der Waals surface area (Å²) in [5.74, 6) is 0.807. The molecule has 2 rings (SSSR count). The fourth-order valence-electron chi connectivity index (χ4n) is 1.38. The van der Waals surface area contributed by atoms with Crippen LogP contribution in [-0.4, -0.2) is 18.3 Å². The fraction of sp³-hybridized carbons (Fsp3) is 0.333. The van der Waals surface area contributed by atoms with Crippen LogP contribution in [0.15, 0.2) is 16.6 Å². The zero-order chi connectivity index (χ0) is 9.26. The molecule has 0 atom stereocenters. The molecular weight excluding hydrogens is 234 g/mol. The number of phenols is 1. The van der Waals surface area contributed by atoms with Gasteiger partial charge in [0.1, 0.15) is 6.61 Å². The maximum atomic E-state index is 9.58. The molecule has 0 bridgehead atoms. The van der Waals surface area contributed by atoms with Gasteiger partial charge in [0.2, 0.25) is 0 Å². The van der Waals surface area contributed by atoms with Gasteiger partial charge >= 0.3 is 0 Å². The summed E-state index contributed by atoms with van der Waals surface area (Å²) in [6.07, 6.45) is 0. The second-order valence-corrected chi connectivity index (χ2v) is 3.85. The van der Waals surface area contributed by atoms with Gasteiger partial charge in [0.05, 0.1) is 0 Å². The predicted molar refractivity (Wildman–Crippen MR) is 53.0 cm³/mol. The first kappa shape index (κ1) is 8.84. The van der Waals surface area contributed by atoms with Crippen LogP contribution >= 0.6 is 15.9 Å². The minimum atomic E-state index is 0.202. The molecule has 0 spiro atoms. The molecule has 4 heteroatoms. The number of nitrogens with one attached hydrogen (secondary N) is 1. The van der Waals surface area contributed by atoms with Crippen LogP contribution in [0, 0.1) is 0 Å². The zero-order valence-corrected chi connectivity index (χ0v) is 8.60. The Hall–Kier alpha value is -0.740. The van der Waals surface area contributed by atoms with Crippen molar-refractivity contribution >= 4 is 15.9 Å². The molecule has 0 amide bonds. The van der Waals surface area contributed by atoms with Crippen LogP contribution in [0.2, 0.25) is 0 Å². The first-order chi connectivity index (χ1) is 6.27. The second-order valence-electron chi connectivity index (χ2n) is 2.94. The molecular formula is C9H10BrNO2. The number of halogens is 1. The molecule has 1 aromatic rings. The number of fused-ring (bicyclic) bond motifs is 1. The molecule has 70 valence electrons. The van der Waals surface area contributed by atoms with Crippen LogP contribution in [0.1, 0.15) is 5.56 Å². The van der Waals surface area contributed by atoms with Crippen molar-refractivity contribution in [3.05, 3.63) is 22.2 Å². The molecule has 2 N–H and O–H groups in total. The summed E-state index contributed by atoms with van der Waals surface area (Å²) in [4.78, 5) is 0. The molecule has 0 radical (unpaired) electrons. The Balaban J connectivity index is 2.47. The van der Waals surface area contributed by atoms with Crippen LogP contribution in [0.5, 0.6) is 11.5 Å². The molecule has 1 heterocycles. The quantitative estimate of drug-likeness (QED) is 0.728. The van der Waals surface area contributed by atoms with E-state index in [2.05, 4.69) is 21.2 Å². The Morgan fingerprint density at radius 3 is 3.15 bits per heavy atom. The summed E-state index contributed by atoms with van der Waals surface area (Å²) in [7, 11) is 0. The first-order valence-corrected chi connectivity index (χ1v) is 4.91. The van der Waals surface area contributed by atoms with Gasteiger partial charge in [-0.2, -0.15) is 0 Å². The van der Waals surface area contributed by atoms with Gasteiger partial charge in [-0.05, 0) is 12.1 Å². The molecule has 0 saturated heterocycles. The van der Waals surface area contributed by atoms with E-state index in [4.69, 9.17) is 4.74 Å². The second kappa shape index (κ2) is 3.55. The van der Waals surface area contributed by atoms with Crippen LogP contribution in [0.4, 0.5) is 0 Å². The number of benzene rings is 1. The minimum absolute atomic E-state index is 0.202. The van der Waals surface area contributed by atoms with E-state index < -0.39 is 0 Å². The Morgan fingerprint density at radius 2 is 2.31 bits per heavy atom. The molecule has 0 aliphatic carbocycles. The lowest BCUT2D eigenvalue weighted by Crippen LogP contribution is -2.16. The Morgan fingerprint density at radius 1 is 1.46 bits per heavy atom. The Kier molecular flexibility index (Phi) is 2.42. The highest BCUT2D eigenvalue weighted by Gasteiger charge is 2.13. The number of hydrogen-bond donors (Lipinski definition) is 2. The van der Waals surface area contributed by atoms with Crippen LogP contribution in [0.25, 0.3) is 0 Å². The van der Waals surface area contributed by atoms with E-state index in [1.807, 2.05) is 6.07 Å². The molecule has 1 aliphatic rings. The smallest absolute Gasteiger partial charge is 0.165 e. The van der Waals surface area contributed by atoms with Gasteiger partial charge in [-0.25, -0.2) is 0 Å². The normalized spacial score (nSPS) is 15.8. The molecule has 13 heavy (non-hydrogen) atoms. The summed E-state index contributed by atoms with van der Waals surface area (Å²) >= 11 is 3.32. The van der Waals surface area contributed by atoms with Gasteiger partial charge in [-0.1, -0.05) is 15.9 Å². The van der Waals surface area contributed by atoms with Crippen molar-refractivity contribution in [3.8, 4) is 11.5 Å². The fourth-order valence-corrected chi connectivity index (χ4v) is 1.87. The molecule has 0 fully saturated rings. The molecule has 1 aromatic carbocycles. The summed E-state index contributed by atoms with van der Waals surface area (Å²) in [6, 6.07) is 3.59. The number of hydrogen-bond acceptors (Lipinski definition) is 3. The van der Waals surface area contributed by atoms with E-state index in [-0.39, 0.29) is 5.75 Å². The third-order valence-corrected chi connectivity index (χ3v) is 2.41. The number of ether oxygens (including phenoxy) is 1. The van der Waals surface area contributed by atoms with Crippen molar-refractivity contribution in [1.82, 2.24) is 5.32 Å². The van der Waals surface area contributed by atoms with Crippen molar-refractivity contribution in [3.63, 3.8) is 0 Å². The maximum absolute atomic E-state index is 9.58. The highest BCUT2D eigenvalue weighted by molar-refractivity contribution is 9.10. The summed E-state index contributed by atoms with van der Waals surface area (Å²) in [6.45, 7) is 2.15. The van der Waals surface area contributed by atoms with Crippen LogP contribution < -0.4 is 10.1 Å². The van der Waals surface area contributed by atoms with Crippen molar-refractivity contribution in [2.45, 2.75) is 6.54 Å². The lowest BCUT2D eigenvalue weighted by molar-refractivity contribution is 0.307. The summed E-state index contributed by atoms with van der Waals surface area (Å²) in [5.41, 5.74) is 0.990. The molecule has 0 aromatic heterocycles.